The molecule has 1 aliphatic rings. The van der Waals surface area contributed by atoms with E-state index in [0.29, 0.717) is 28.1 Å². The van der Waals surface area contributed by atoms with Crippen LogP contribution in [-0.2, 0) is 32.5 Å². The van der Waals surface area contributed by atoms with Gasteiger partial charge in [0.05, 0.1) is 18.1 Å². The third-order valence-corrected chi connectivity index (χ3v) is 10.2. The average Bonchev–Trinajstić information content (AvgIpc) is 2.96. The second-order valence-corrected chi connectivity index (χ2v) is 21.7. The van der Waals surface area contributed by atoms with Gasteiger partial charge in [-0.1, -0.05) is 125 Å². The zero-order valence-electron chi connectivity index (χ0n) is 36.0. The van der Waals surface area contributed by atoms with Crippen molar-refractivity contribution < 1.29 is 29.6 Å². The topological polar surface area (TPSA) is 91.6 Å². The molecule has 0 radical (unpaired) electrons. The molecule has 0 unspecified atom stereocenters. The molecule has 1 heterocycles. The van der Waals surface area contributed by atoms with E-state index in [9.17, 15) is 15.3 Å². The third kappa shape index (κ3) is 9.84. The fourth-order valence-corrected chi connectivity index (χ4v) is 7.09. The minimum absolute atomic E-state index is 0.269. The highest BCUT2D eigenvalue weighted by Crippen LogP contribution is 2.46. The molecule has 4 rings (SSSR count). The van der Waals surface area contributed by atoms with Crippen LogP contribution in [0.4, 0.5) is 0 Å². The maximum Gasteiger partial charge on any atom is 0.188 e. The first-order valence-electron chi connectivity index (χ1n) is 18.8. The predicted octanol–water partition coefficient (Wildman–Crippen LogP) is 12.7. The van der Waals surface area contributed by atoms with Crippen molar-refractivity contribution in [2.24, 2.45) is 0 Å². The zero-order valence-corrected chi connectivity index (χ0v) is 36.9. The van der Waals surface area contributed by atoms with Crippen molar-refractivity contribution in [3.8, 4) is 34.5 Å². The van der Waals surface area contributed by atoms with Gasteiger partial charge in [-0.25, -0.2) is 0 Å². The van der Waals surface area contributed by atoms with Crippen LogP contribution >= 0.6 is 11.9 Å². The quantitative estimate of drug-likeness (QED) is 0.214. The van der Waals surface area contributed by atoms with E-state index in [1.54, 1.807) is 10.7 Å². The number of allylic oxidation sites excluding steroid dienone is 1. The summed E-state index contributed by atoms with van der Waals surface area (Å²) in [6.07, 6.45) is 3.58. The number of hydrogen-bond acceptors (Lipinski definition) is 8. The molecule has 3 N–H and O–H groups in total. The standard InChI is InChI=1S/C46H65NO6S/c1-41(2,3)31-19-27(20-32(38(31)48)42(4,5)6)51-30-25-37(52-28-21-33(43(7,8)9)39(49)34(22-28)44(10,11)12)54-47(26-30)53-29-23-35(45(13,14)15)40(50)36(24-29)46(16,17)18/h19-26,48-50H,1-18H3. The molecular weight excluding hydrogens is 695 g/mol. The third-order valence-electron chi connectivity index (χ3n) is 9.42. The Morgan fingerprint density at radius 1 is 0.426 bits per heavy atom. The Morgan fingerprint density at radius 2 is 0.704 bits per heavy atom. The molecule has 0 saturated heterocycles. The lowest BCUT2D eigenvalue weighted by Gasteiger charge is -2.30. The van der Waals surface area contributed by atoms with Gasteiger partial charge >= 0.3 is 0 Å². The molecule has 296 valence electrons. The number of aromatic hydroxyl groups is 3. The number of rotatable bonds is 6. The van der Waals surface area contributed by atoms with Gasteiger partial charge in [0.2, 0.25) is 0 Å². The summed E-state index contributed by atoms with van der Waals surface area (Å²) < 4.78 is 14.9. The number of hydrogen-bond donors (Lipinski definition) is 3. The fourth-order valence-electron chi connectivity index (χ4n) is 6.33. The first-order chi connectivity index (χ1) is 24.3. The molecule has 1 aliphatic heterocycles. The van der Waals surface area contributed by atoms with Crippen LogP contribution in [0.1, 0.15) is 158 Å². The Balaban J connectivity index is 1.89. The number of nitrogens with zero attached hydrogens (tertiary/aromatic N) is 1. The summed E-state index contributed by atoms with van der Waals surface area (Å²) in [5, 5.41) is 34.7. The van der Waals surface area contributed by atoms with E-state index < -0.39 is 0 Å². The van der Waals surface area contributed by atoms with Gasteiger partial charge in [0.25, 0.3) is 0 Å². The lowest BCUT2D eigenvalue weighted by atomic mass is 9.79. The van der Waals surface area contributed by atoms with Crippen LogP contribution in [0.3, 0.4) is 0 Å². The van der Waals surface area contributed by atoms with Crippen LogP contribution in [0, 0.1) is 0 Å². The smallest absolute Gasteiger partial charge is 0.188 e. The molecule has 0 aromatic heterocycles. The predicted molar refractivity (Wildman–Crippen MR) is 224 cm³/mol. The number of phenolic OH excluding ortho intramolecular Hbond substituents is 3. The summed E-state index contributed by atoms with van der Waals surface area (Å²) in [7, 11) is 0. The molecule has 0 bridgehead atoms. The summed E-state index contributed by atoms with van der Waals surface area (Å²) in [6.45, 7) is 37.3. The van der Waals surface area contributed by atoms with E-state index in [4.69, 9.17) is 14.3 Å². The van der Waals surface area contributed by atoms with Crippen LogP contribution in [-0.4, -0.2) is 19.8 Å². The molecule has 0 spiro atoms. The minimum Gasteiger partial charge on any atom is -0.507 e. The van der Waals surface area contributed by atoms with Crippen molar-refractivity contribution in [2.75, 3.05) is 0 Å². The minimum atomic E-state index is -0.348. The van der Waals surface area contributed by atoms with E-state index in [-0.39, 0.29) is 49.7 Å². The molecule has 0 amide bonds. The molecule has 8 heteroatoms. The van der Waals surface area contributed by atoms with Crippen molar-refractivity contribution in [2.45, 2.75) is 157 Å². The van der Waals surface area contributed by atoms with E-state index in [1.807, 2.05) is 42.5 Å². The highest BCUT2D eigenvalue weighted by molar-refractivity contribution is 8.00. The summed E-state index contributed by atoms with van der Waals surface area (Å²) >= 11 is 1.24. The van der Waals surface area contributed by atoms with Gasteiger partial charge in [-0.05, 0) is 68.9 Å². The Hall–Kier alpha value is -3.91. The van der Waals surface area contributed by atoms with Crippen LogP contribution in [0.25, 0.3) is 0 Å². The van der Waals surface area contributed by atoms with Gasteiger partial charge in [0, 0.05) is 39.5 Å². The summed E-state index contributed by atoms with van der Waals surface area (Å²) in [5.74, 6) is 2.96. The maximum atomic E-state index is 11.4. The van der Waals surface area contributed by atoms with Crippen molar-refractivity contribution in [1.29, 1.82) is 0 Å². The molecule has 54 heavy (non-hydrogen) atoms. The first-order valence-corrected chi connectivity index (χ1v) is 19.6. The largest absolute Gasteiger partial charge is 0.507 e. The number of benzene rings is 3. The van der Waals surface area contributed by atoms with E-state index >= 15 is 0 Å². The molecule has 0 aliphatic carbocycles. The number of hydroxylamine groups is 1. The SMILES string of the molecule is CC(C)(C)c1cc(OC2=CN(Oc3cc(C(C)(C)C)c(O)c(C(C)(C)C)c3)SC(Oc3cc(C(C)(C)C)c(O)c(C(C)(C)C)c3)=C2)cc(C(C)(C)C)c1O. The van der Waals surface area contributed by atoms with Gasteiger partial charge in [-0.15, -0.1) is 4.47 Å². The van der Waals surface area contributed by atoms with E-state index in [2.05, 4.69) is 125 Å². The van der Waals surface area contributed by atoms with Gasteiger partial charge < -0.3 is 29.6 Å². The summed E-state index contributed by atoms with van der Waals surface area (Å²) in [6, 6.07) is 11.3. The lowest BCUT2D eigenvalue weighted by molar-refractivity contribution is 0.0971. The fraction of sp³-hybridized carbons (Fsp3) is 0.522. The highest BCUT2D eigenvalue weighted by Gasteiger charge is 2.32. The monoisotopic (exact) mass is 759 g/mol. The maximum absolute atomic E-state index is 11.4. The van der Waals surface area contributed by atoms with Gasteiger partial charge in [0.15, 0.2) is 16.6 Å². The lowest BCUT2D eigenvalue weighted by Crippen LogP contribution is -2.22. The zero-order chi connectivity index (χ0) is 41.1. The van der Waals surface area contributed by atoms with Crippen LogP contribution in [0.5, 0.6) is 34.5 Å². The van der Waals surface area contributed by atoms with Crippen molar-refractivity contribution in [1.82, 2.24) is 4.47 Å². The number of ether oxygens (including phenoxy) is 2. The average molecular weight is 760 g/mol. The Kier molecular flexibility index (Phi) is 11.3. The van der Waals surface area contributed by atoms with Crippen molar-refractivity contribution in [3.63, 3.8) is 0 Å². The molecule has 3 aromatic carbocycles. The summed E-state index contributed by atoms with van der Waals surface area (Å²) in [5.41, 5.74) is 2.62. The molecule has 7 nitrogen and oxygen atoms in total. The van der Waals surface area contributed by atoms with E-state index in [0.717, 1.165) is 33.4 Å². The van der Waals surface area contributed by atoms with Crippen LogP contribution in [0.15, 0.2) is 59.5 Å². The Bertz CT molecular complexity index is 1840. The summed E-state index contributed by atoms with van der Waals surface area (Å²) in [4.78, 5) is 6.60. The number of phenols is 3. The van der Waals surface area contributed by atoms with Gasteiger partial charge in [-0.2, -0.15) is 0 Å². The molecule has 0 atom stereocenters. The van der Waals surface area contributed by atoms with Crippen molar-refractivity contribution >= 4 is 11.9 Å². The second kappa shape index (κ2) is 14.3. The highest BCUT2D eigenvalue weighted by atomic mass is 32.2. The first kappa shape index (κ1) is 42.8. The molecule has 0 fully saturated rings. The van der Waals surface area contributed by atoms with Gasteiger partial charge in [-0.3, -0.25) is 0 Å². The second-order valence-electron chi connectivity index (χ2n) is 20.8. The molecular formula is C46H65NO6S. The molecule has 0 saturated carbocycles. The van der Waals surface area contributed by atoms with Crippen LogP contribution < -0.4 is 14.3 Å². The van der Waals surface area contributed by atoms with Gasteiger partial charge in [0.1, 0.15) is 28.7 Å². The normalized spacial score (nSPS) is 14.8. The Labute approximate surface area is 329 Å². The van der Waals surface area contributed by atoms with E-state index in [1.165, 1.54) is 11.9 Å². The molecule has 3 aromatic rings. The Morgan fingerprint density at radius 3 is 1.00 bits per heavy atom. The van der Waals surface area contributed by atoms with Crippen LogP contribution in [0.2, 0.25) is 0 Å². The van der Waals surface area contributed by atoms with Crippen molar-refractivity contribution in [3.05, 3.63) is 92.9 Å².